The summed E-state index contributed by atoms with van der Waals surface area (Å²) in [6, 6.07) is -1.14. The van der Waals surface area contributed by atoms with Gasteiger partial charge in [0.15, 0.2) is 5.78 Å². The van der Waals surface area contributed by atoms with Gasteiger partial charge in [-0.05, 0) is 108 Å². The average Bonchev–Trinajstić information content (AvgIpc) is 3.38. The second kappa shape index (κ2) is 25.7. The predicted octanol–water partition coefficient (Wildman–Crippen LogP) is 5.33. The van der Waals surface area contributed by atoms with Gasteiger partial charge in [0.25, 0.3) is 11.7 Å². The first kappa shape index (κ1) is 59.9. The molecule has 0 spiro atoms. The van der Waals surface area contributed by atoms with Crippen molar-refractivity contribution in [1.82, 2.24) is 4.90 Å². The van der Waals surface area contributed by atoms with Crippen LogP contribution in [-0.2, 0) is 57.2 Å². The summed E-state index contributed by atoms with van der Waals surface area (Å²) in [5.41, 5.74) is -1.44. The highest BCUT2D eigenvalue weighted by Gasteiger charge is 2.64. The Bertz CT molecular complexity index is 2090. The van der Waals surface area contributed by atoms with Crippen LogP contribution < -0.4 is 0 Å². The number of amides is 1. The maximum Gasteiger partial charge on any atom is 0.329 e. The smallest absolute Gasteiger partial charge is 0.329 e. The minimum absolute atomic E-state index is 0.0190. The van der Waals surface area contributed by atoms with Crippen LogP contribution in [0.2, 0.25) is 0 Å². The van der Waals surface area contributed by atoms with E-state index >= 15 is 4.79 Å². The van der Waals surface area contributed by atoms with E-state index in [4.69, 9.17) is 28.4 Å². The SMILES string of the molecule is COC1CC2CCC(C)C(O)(O2)C(=O)C(=O)N2CCCCC2C(=O)OC2CC(C3CCC(OC(=O)C(C)(CO)CO)C(OC)C3)(C(=O)C(C)/C=C(\C)C(O)C(OC)C(=O)C(C)CC(C)/C=C\C=C\C=C1C)C2C. The van der Waals surface area contributed by atoms with E-state index in [0.717, 1.165) is 5.57 Å². The molecule has 2 saturated carbocycles. The van der Waals surface area contributed by atoms with E-state index < -0.39 is 126 Å². The van der Waals surface area contributed by atoms with Gasteiger partial charge in [0.2, 0.25) is 5.79 Å². The fourth-order valence-corrected chi connectivity index (χ4v) is 11.9. The zero-order valence-corrected chi connectivity index (χ0v) is 45.1. The summed E-state index contributed by atoms with van der Waals surface area (Å²) in [7, 11) is 4.41. The Labute approximate surface area is 432 Å². The fraction of sp³-hybridized carbons (Fsp3) is 0.750. The van der Waals surface area contributed by atoms with E-state index in [0.29, 0.717) is 50.5 Å². The van der Waals surface area contributed by atoms with Gasteiger partial charge in [0.05, 0.1) is 31.5 Å². The van der Waals surface area contributed by atoms with Gasteiger partial charge in [-0.1, -0.05) is 71.1 Å². The van der Waals surface area contributed by atoms with E-state index in [1.54, 1.807) is 40.9 Å². The van der Waals surface area contributed by atoms with Crippen LogP contribution in [0.15, 0.2) is 47.6 Å². The third-order valence-electron chi connectivity index (χ3n) is 17.1. The Hall–Kier alpha value is -3.94. The Morgan fingerprint density at radius 1 is 0.836 bits per heavy atom. The number of methoxy groups -OCH3 is 3. The molecule has 4 bridgehead atoms. The summed E-state index contributed by atoms with van der Waals surface area (Å²) in [5, 5.41) is 43.4. The molecule has 2 aliphatic carbocycles. The number of esters is 2. The van der Waals surface area contributed by atoms with Gasteiger partial charge >= 0.3 is 11.9 Å². The van der Waals surface area contributed by atoms with Crippen LogP contribution >= 0.6 is 0 Å². The lowest BCUT2D eigenvalue weighted by atomic mass is 9.47. The van der Waals surface area contributed by atoms with Crippen molar-refractivity contribution in [1.29, 1.82) is 0 Å². The van der Waals surface area contributed by atoms with Gasteiger partial charge in [-0.25, -0.2) is 4.79 Å². The van der Waals surface area contributed by atoms with Gasteiger partial charge in [-0.15, -0.1) is 0 Å². The molecule has 4 N–H and O–H groups in total. The number of rotatable bonds is 8. The van der Waals surface area contributed by atoms with Crippen molar-refractivity contribution >= 4 is 35.2 Å². The Morgan fingerprint density at radius 2 is 1.53 bits per heavy atom. The summed E-state index contributed by atoms with van der Waals surface area (Å²) in [6.07, 6.45) is 9.28. The lowest BCUT2D eigenvalue weighted by Gasteiger charge is -2.58. The number of carbonyl (C=O) groups excluding carboxylic acids is 6. The van der Waals surface area contributed by atoms with Crippen LogP contribution in [0.1, 0.15) is 126 Å². The molecule has 73 heavy (non-hydrogen) atoms. The number of fused-ring (bicyclic) bond motifs is 15. The lowest BCUT2D eigenvalue weighted by Crippen LogP contribution is -2.64. The standard InChI is InChI=1S/C56H85NO16/c1-32-17-13-12-14-18-33(2)43(68-9)28-40-22-20-37(6)56(67,73-40)50(63)51(64)57-24-16-15-19-41(57)52(65)71-45-29-55(38(45)7,39-21-23-42(44(27-39)69-10)72-53(66)54(8,30-58)31-59)49(62)36(5)26-35(4)47(61)48(70-11)46(60)34(3)25-32/h12-14,17-18,26,32,34,36-45,47-48,58-59,61,67H,15-16,19-25,27-31H2,1-11H3/b14-12+,17-13-,33-18?,35-26+. The molecular formula is C56H85NO16. The van der Waals surface area contributed by atoms with Crippen molar-refractivity contribution in [3.05, 3.63) is 47.6 Å². The molecule has 4 fully saturated rings. The first-order valence-corrected chi connectivity index (χ1v) is 26.4. The summed E-state index contributed by atoms with van der Waals surface area (Å²) < 4.78 is 35.6. The van der Waals surface area contributed by atoms with E-state index in [1.807, 2.05) is 51.2 Å². The first-order valence-electron chi connectivity index (χ1n) is 26.4. The van der Waals surface area contributed by atoms with Gasteiger partial charge < -0.3 is 53.7 Å². The maximum atomic E-state index is 15.3. The Morgan fingerprint density at radius 3 is 2.16 bits per heavy atom. The third kappa shape index (κ3) is 13.0. The molecule has 16 unspecified atom stereocenters. The number of piperidine rings is 1. The minimum Gasteiger partial charge on any atom is -0.460 e. The molecule has 0 aromatic rings. The molecule has 0 aromatic carbocycles. The molecule has 2 saturated heterocycles. The van der Waals surface area contributed by atoms with Gasteiger partial charge in [-0.2, -0.15) is 0 Å². The minimum atomic E-state index is -2.45. The summed E-state index contributed by atoms with van der Waals surface area (Å²) >= 11 is 0. The highest BCUT2D eigenvalue weighted by atomic mass is 16.6. The molecule has 4 heterocycles. The number of ether oxygens (including phenoxy) is 6. The normalized spacial score (nSPS) is 39.9. The number of Topliss-reactive ketones (excluding diaryl/α,β-unsaturated/α-hetero) is 3. The van der Waals surface area contributed by atoms with E-state index in [1.165, 1.54) is 26.0 Å². The molecule has 410 valence electrons. The van der Waals surface area contributed by atoms with Crippen molar-refractivity contribution in [2.24, 2.45) is 46.3 Å². The fourth-order valence-electron chi connectivity index (χ4n) is 11.9. The average molecular weight is 1030 g/mol. The number of allylic oxidation sites excluding steroid dienone is 6. The Kier molecular flexibility index (Phi) is 21.1. The largest absolute Gasteiger partial charge is 0.460 e. The highest BCUT2D eigenvalue weighted by molar-refractivity contribution is 6.39. The van der Waals surface area contributed by atoms with E-state index in [-0.39, 0.29) is 55.6 Å². The van der Waals surface area contributed by atoms with Crippen molar-refractivity contribution in [3.63, 3.8) is 0 Å². The second-order valence-electron chi connectivity index (χ2n) is 22.2. The molecule has 1 amide bonds. The molecule has 6 aliphatic rings. The number of ketones is 3. The molecule has 0 radical (unpaired) electrons. The second-order valence-corrected chi connectivity index (χ2v) is 22.2. The molecule has 17 heteroatoms. The van der Waals surface area contributed by atoms with Crippen molar-refractivity contribution in [2.45, 2.75) is 181 Å². The molecule has 16 atom stereocenters. The van der Waals surface area contributed by atoms with Crippen LogP contribution in [0.5, 0.6) is 0 Å². The van der Waals surface area contributed by atoms with Crippen molar-refractivity contribution in [3.8, 4) is 0 Å². The predicted molar refractivity (Wildman–Crippen MR) is 269 cm³/mol. The monoisotopic (exact) mass is 1030 g/mol. The molecule has 17 nitrogen and oxygen atoms in total. The zero-order chi connectivity index (χ0) is 54.2. The van der Waals surface area contributed by atoms with Crippen LogP contribution in [0.3, 0.4) is 0 Å². The topological polar surface area (TPSA) is 242 Å². The van der Waals surface area contributed by atoms with Crippen LogP contribution in [0.4, 0.5) is 0 Å². The molecule has 0 aromatic heterocycles. The molecular weight excluding hydrogens is 943 g/mol. The van der Waals surface area contributed by atoms with Crippen LogP contribution in [0.25, 0.3) is 0 Å². The zero-order valence-electron chi connectivity index (χ0n) is 45.1. The van der Waals surface area contributed by atoms with Gasteiger partial charge in [0, 0.05) is 63.4 Å². The number of aliphatic hydroxyl groups excluding tert-OH is 3. The highest BCUT2D eigenvalue weighted by Crippen LogP contribution is 2.59. The van der Waals surface area contributed by atoms with E-state index in [9.17, 15) is 44.4 Å². The Balaban J connectivity index is 1.51. The number of hydrogen-bond acceptors (Lipinski definition) is 16. The van der Waals surface area contributed by atoms with Crippen molar-refractivity contribution < 1.29 is 77.6 Å². The maximum absolute atomic E-state index is 15.3. The third-order valence-corrected chi connectivity index (χ3v) is 17.1. The van der Waals surface area contributed by atoms with Gasteiger partial charge in [-0.3, -0.25) is 24.0 Å². The molecule has 4 aliphatic heterocycles. The summed E-state index contributed by atoms with van der Waals surface area (Å²) in [5.74, 6) is -9.65. The quantitative estimate of drug-likeness (QED) is 0.136. The van der Waals surface area contributed by atoms with Crippen LogP contribution in [-0.4, -0.2) is 156 Å². The number of nitrogens with zero attached hydrogens (tertiary/aromatic N) is 1. The number of aliphatic hydroxyl groups is 4. The molecule has 6 rings (SSSR count). The first-order chi connectivity index (χ1) is 34.5. The van der Waals surface area contributed by atoms with Crippen LogP contribution in [0, 0.1) is 46.3 Å². The lowest BCUT2D eigenvalue weighted by molar-refractivity contribution is -0.265. The van der Waals surface area contributed by atoms with E-state index in [2.05, 4.69) is 0 Å². The van der Waals surface area contributed by atoms with Gasteiger partial charge in [0.1, 0.15) is 41.7 Å². The number of carbonyl (C=O) groups is 6. The summed E-state index contributed by atoms with van der Waals surface area (Å²) in [4.78, 5) is 86.5. The number of hydrogen-bond donors (Lipinski definition) is 4. The van der Waals surface area contributed by atoms with Crippen molar-refractivity contribution in [2.75, 3.05) is 41.1 Å². The summed E-state index contributed by atoms with van der Waals surface area (Å²) in [6.45, 7) is 12.8.